The van der Waals surface area contributed by atoms with Gasteiger partial charge in [0.2, 0.25) is 16.9 Å². The number of anilines is 1. The Bertz CT molecular complexity index is 1050. The zero-order chi connectivity index (χ0) is 23.6. The van der Waals surface area contributed by atoms with Crippen molar-refractivity contribution in [3.05, 3.63) is 60.2 Å². The minimum Gasteiger partial charge on any atom is -0.497 e. The molecule has 2 aromatic carbocycles. The highest BCUT2D eigenvalue weighted by Gasteiger charge is 2.24. The van der Waals surface area contributed by atoms with E-state index < -0.39 is 0 Å². The fourth-order valence-electron chi connectivity index (χ4n) is 3.63. The summed E-state index contributed by atoms with van der Waals surface area (Å²) in [6, 6.07) is 17.3. The van der Waals surface area contributed by atoms with Gasteiger partial charge >= 0.3 is 0 Å². The van der Waals surface area contributed by atoms with E-state index in [1.165, 1.54) is 11.3 Å². The lowest BCUT2D eigenvalue weighted by atomic mass is 9.95. The fourth-order valence-corrected chi connectivity index (χ4v) is 4.38. The normalized spacial score (nSPS) is 11.6. The standard InChI is InChI=1S/C25H30N4O3S/c1-4-15-29(24(31)21(5-2)18-10-7-6-8-11-18)16-14-22(30)26-25-28-27-23(33-25)19-12-9-13-20(17-19)32-3/h6-13,17,21H,4-5,14-16H2,1-3H3,(H,26,28,30)/t21-/m0/s1. The lowest BCUT2D eigenvalue weighted by molar-refractivity contribution is -0.133. The Hall–Kier alpha value is -3.26. The van der Waals surface area contributed by atoms with E-state index in [-0.39, 0.29) is 24.2 Å². The molecule has 1 N–H and O–H groups in total. The van der Waals surface area contributed by atoms with Crippen molar-refractivity contribution in [3.8, 4) is 16.3 Å². The number of hydrogen-bond donors (Lipinski definition) is 1. The van der Waals surface area contributed by atoms with Gasteiger partial charge in [-0.3, -0.25) is 9.59 Å². The van der Waals surface area contributed by atoms with Gasteiger partial charge in [0.25, 0.3) is 0 Å². The lowest BCUT2D eigenvalue weighted by Gasteiger charge is -2.26. The van der Waals surface area contributed by atoms with E-state index in [4.69, 9.17) is 4.74 Å². The summed E-state index contributed by atoms with van der Waals surface area (Å²) >= 11 is 1.30. The molecule has 0 spiro atoms. The number of aromatic nitrogens is 2. The molecule has 0 unspecified atom stereocenters. The molecule has 0 saturated carbocycles. The fraction of sp³-hybridized carbons (Fsp3) is 0.360. The molecule has 0 fully saturated rings. The maximum absolute atomic E-state index is 13.2. The quantitative estimate of drug-likeness (QED) is 0.431. The number of carbonyl (C=O) groups is 2. The van der Waals surface area contributed by atoms with Crippen molar-refractivity contribution in [3.63, 3.8) is 0 Å². The van der Waals surface area contributed by atoms with Gasteiger partial charge in [0.05, 0.1) is 13.0 Å². The van der Waals surface area contributed by atoms with E-state index in [1.54, 1.807) is 12.0 Å². The topological polar surface area (TPSA) is 84.4 Å². The molecule has 1 aromatic heterocycles. The number of benzene rings is 2. The Morgan fingerprint density at radius 3 is 2.55 bits per heavy atom. The highest BCUT2D eigenvalue weighted by molar-refractivity contribution is 7.18. The largest absolute Gasteiger partial charge is 0.497 e. The Morgan fingerprint density at radius 2 is 1.85 bits per heavy atom. The number of rotatable bonds is 11. The van der Waals surface area contributed by atoms with Crippen LogP contribution in [0.5, 0.6) is 5.75 Å². The van der Waals surface area contributed by atoms with Crippen LogP contribution in [0.1, 0.15) is 44.6 Å². The summed E-state index contributed by atoms with van der Waals surface area (Å²) in [5, 5.41) is 12.2. The second-order valence-corrected chi connectivity index (χ2v) is 8.62. The minimum atomic E-state index is -0.200. The first kappa shape index (κ1) is 24.4. The van der Waals surface area contributed by atoms with Crippen molar-refractivity contribution < 1.29 is 14.3 Å². The van der Waals surface area contributed by atoms with Gasteiger partial charge in [-0.15, -0.1) is 10.2 Å². The second-order valence-electron chi connectivity index (χ2n) is 7.64. The van der Waals surface area contributed by atoms with E-state index in [9.17, 15) is 9.59 Å². The number of carbonyl (C=O) groups excluding carboxylic acids is 2. The molecule has 0 radical (unpaired) electrons. The van der Waals surface area contributed by atoms with Crippen molar-refractivity contribution in [2.75, 3.05) is 25.5 Å². The lowest BCUT2D eigenvalue weighted by Crippen LogP contribution is -2.37. The van der Waals surface area contributed by atoms with Crippen LogP contribution in [0.15, 0.2) is 54.6 Å². The van der Waals surface area contributed by atoms with Crippen LogP contribution in [0.3, 0.4) is 0 Å². The van der Waals surface area contributed by atoms with Crippen molar-refractivity contribution in [1.82, 2.24) is 15.1 Å². The first-order valence-electron chi connectivity index (χ1n) is 11.2. The summed E-state index contributed by atoms with van der Waals surface area (Å²) in [5.41, 5.74) is 1.88. The van der Waals surface area contributed by atoms with Gasteiger partial charge in [0, 0.05) is 25.1 Å². The third-order valence-corrected chi connectivity index (χ3v) is 6.20. The first-order chi connectivity index (χ1) is 16.0. The average Bonchev–Trinajstić information content (AvgIpc) is 3.31. The van der Waals surface area contributed by atoms with Crippen molar-refractivity contribution in [2.24, 2.45) is 0 Å². The third kappa shape index (κ3) is 6.61. The Balaban J connectivity index is 1.60. The molecule has 174 valence electrons. The summed E-state index contributed by atoms with van der Waals surface area (Å²) in [5.74, 6) is 0.406. The molecule has 0 aliphatic carbocycles. The molecule has 3 rings (SSSR count). The van der Waals surface area contributed by atoms with E-state index in [1.807, 2.05) is 68.4 Å². The maximum Gasteiger partial charge on any atom is 0.230 e. The van der Waals surface area contributed by atoms with Gasteiger partial charge in [-0.25, -0.2) is 0 Å². The van der Waals surface area contributed by atoms with E-state index >= 15 is 0 Å². The molecule has 0 aliphatic heterocycles. The molecular formula is C25H30N4O3S. The Morgan fingerprint density at radius 1 is 1.06 bits per heavy atom. The zero-order valence-electron chi connectivity index (χ0n) is 19.3. The van der Waals surface area contributed by atoms with Crippen LogP contribution in [0.2, 0.25) is 0 Å². The van der Waals surface area contributed by atoms with Crippen LogP contribution in [-0.4, -0.2) is 47.1 Å². The van der Waals surface area contributed by atoms with E-state index in [0.717, 1.165) is 23.3 Å². The minimum absolute atomic E-state index is 0.0644. The van der Waals surface area contributed by atoms with Crippen LogP contribution >= 0.6 is 11.3 Å². The predicted octanol–water partition coefficient (Wildman–Crippen LogP) is 4.97. The molecule has 2 amide bonds. The second kappa shape index (κ2) is 12.1. The number of ether oxygens (including phenoxy) is 1. The molecule has 8 heteroatoms. The number of nitrogens with one attached hydrogen (secondary N) is 1. The van der Waals surface area contributed by atoms with Crippen molar-refractivity contribution >= 4 is 28.3 Å². The highest BCUT2D eigenvalue weighted by atomic mass is 32.1. The molecule has 33 heavy (non-hydrogen) atoms. The summed E-state index contributed by atoms with van der Waals surface area (Å²) < 4.78 is 5.25. The highest BCUT2D eigenvalue weighted by Crippen LogP contribution is 2.29. The van der Waals surface area contributed by atoms with Crippen LogP contribution in [0, 0.1) is 0 Å². The smallest absolute Gasteiger partial charge is 0.230 e. The number of nitrogens with zero attached hydrogens (tertiary/aromatic N) is 3. The summed E-state index contributed by atoms with van der Waals surface area (Å²) in [6.45, 7) is 5.03. The average molecular weight is 467 g/mol. The summed E-state index contributed by atoms with van der Waals surface area (Å²) in [4.78, 5) is 27.6. The predicted molar refractivity (Wildman–Crippen MR) is 131 cm³/mol. The molecule has 1 heterocycles. The van der Waals surface area contributed by atoms with Gasteiger partial charge in [0.1, 0.15) is 10.8 Å². The monoisotopic (exact) mass is 466 g/mol. The molecule has 0 aliphatic rings. The van der Waals surface area contributed by atoms with Crippen molar-refractivity contribution in [1.29, 1.82) is 0 Å². The van der Waals surface area contributed by atoms with Gasteiger partial charge in [-0.1, -0.05) is 67.6 Å². The number of hydrogen-bond acceptors (Lipinski definition) is 6. The van der Waals surface area contributed by atoms with Crippen molar-refractivity contribution in [2.45, 2.75) is 39.0 Å². The SMILES string of the molecule is CCCN(CCC(=O)Nc1nnc(-c2cccc(OC)c2)s1)C(=O)[C@@H](CC)c1ccccc1. The van der Waals surface area contributed by atoms with Gasteiger partial charge in [-0.2, -0.15) is 0 Å². The summed E-state index contributed by atoms with van der Waals surface area (Å²) in [7, 11) is 1.61. The van der Waals surface area contributed by atoms with Gasteiger partial charge in [-0.05, 0) is 30.5 Å². The van der Waals surface area contributed by atoms with E-state index in [2.05, 4.69) is 15.5 Å². The molecular weight excluding hydrogens is 436 g/mol. The zero-order valence-corrected chi connectivity index (χ0v) is 20.1. The first-order valence-corrected chi connectivity index (χ1v) is 12.0. The number of amides is 2. The summed E-state index contributed by atoms with van der Waals surface area (Å²) in [6.07, 6.45) is 1.75. The van der Waals surface area contributed by atoms with Gasteiger partial charge in [0.15, 0.2) is 0 Å². The Kier molecular flexibility index (Phi) is 8.95. The Labute approximate surface area is 198 Å². The van der Waals surface area contributed by atoms with Crippen LogP contribution in [-0.2, 0) is 9.59 Å². The van der Waals surface area contributed by atoms with E-state index in [0.29, 0.717) is 29.6 Å². The third-order valence-electron chi connectivity index (χ3n) is 5.31. The molecule has 1 atom stereocenters. The van der Waals surface area contributed by atoms with Crippen LogP contribution < -0.4 is 10.1 Å². The molecule has 0 saturated heterocycles. The molecule has 0 bridgehead atoms. The van der Waals surface area contributed by atoms with Gasteiger partial charge < -0.3 is 15.0 Å². The molecule has 7 nitrogen and oxygen atoms in total. The molecule has 3 aromatic rings. The van der Waals surface area contributed by atoms with Crippen LogP contribution in [0.25, 0.3) is 10.6 Å². The van der Waals surface area contributed by atoms with Crippen LogP contribution in [0.4, 0.5) is 5.13 Å². The maximum atomic E-state index is 13.2. The number of methoxy groups -OCH3 is 1.